The van der Waals surface area contributed by atoms with Crippen LogP contribution in [-0.4, -0.2) is 72.0 Å². The van der Waals surface area contributed by atoms with Crippen LogP contribution in [0.15, 0.2) is 101 Å². The van der Waals surface area contributed by atoms with Crippen LogP contribution in [0.1, 0.15) is 55.2 Å². The maximum absolute atomic E-state index is 13.8. The number of hydrogen-bond donors (Lipinski definition) is 5. The van der Waals surface area contributed by atoms with Crippen LogP contribution < -0.4 is 26.8 Å². The van der Waals surface area contributed by atoms with E-state index in [9.17, 15) is 22.8 Å². The van der Waals surface area contributed by atoms with Gasteiger partial charge in [0.15, 0.2) is 34.2 Å². The predicted molar refractivity (Wildman–Crippen MR) is 201 cm³/mol. The second kappa shape index (κ2) is 14.3. The van der Waals surface area contributed by atoms with E-state index in [1.165, 1.54) is 0 Å². The molecular formula is C37H34ClN9O5S. The van der Waals surface area contributed by atoms with E-state index in [4.69, 9.17) is 23.1 Å². The fourth-order valence-corrected chi connectivity index (χ4v) is 7.88. The molecule has 1 aromatic heterocycles. The fraction of sp³-hybridized carbons (Fsp3) is 0.189. The lowest BCUT2D eigenvalue weighted by molar-refractivity contribution is 0.0665. The number of fused-ring (bicyclic) bond motifs is 1. The normalized spacial score (nSPS) is 16.0. The molecule has 2 aliphatic rings. The number of anilines is 2. The Morgan fingerprint density at radius 2 is 1.55 bits per heavy atom. The summed E-state index contributed by atoms with van der Waals surface area (Å²) in [6.07, 6.45) is 1.10. The molecule has 2 aliphatic heterocycles. The van der Waals surface area contributed by atoms with Gasteiger partial charge in [0.2, 0.25) is 10.0 Å². The number of carbonyl (C=O) groups excluding carboxylic acids is 3. The minimum absolute atomic E-state index is 0.0281. The summed E-state index contributed by atoms with van der Waals surface area (Å²) in [5, 5.41) is 7.68. The Hall–Kier alpha value is -5.90. The molecule has 3 heterocycles. The van der Waals surface area contributed by atoms with Gasteiger partial charge in [-0.25, -0.2) is 23.1 Å². The minimum Gasteiger partial charge on any atom is -0.382 e. The van der Waals surface area contributed by atoms with Crippen molar-refractivity contribution in [2.24, 2.45) is 4.99 Å². The van der Waals surface area contributed by atoms with E-state index in [0.29, 0.717) is 49.0 Å². The van der Waals surface area contributed by atoms with Gasteiger partial charge in [0, 0.05) is 42.7 Å². The van der Waals surface area contributed by atoms with Gasteiger partial charge in [0.25, 0.3) is 5.91 Å². The Morgan fingerprint density at radius 1 is 0.868 bits per heavy atom. The number of benzene rings is 4. The minimum atomic E-state index is -3.81. The summed E-state index contributed by atoms with van der Waals surface area (Å²) in [6, 6.07) is 25.7. The molecule has 0 bridgehead atoms. The number of piperidine rings is 1. The molecular weight excluding hydrogens is 718 g/mol. The predicted octanol–water partition coefficient (Wildman–Crippen LogP) is 3.52. The van der Waals surface area contributed by atoms with E-state index in [0.717, 1.165) is 5.39 Å². The van der Waals surface area contributed by atoms with E-state index < -0.39 is 21.5 Å². The summed E-state index contributed by atoms with van der Waals surface area (Å²) in [7, 11) is -3.81. The molecule has 4 aromatic carbocycles. The Balaban J connectivity index is 0.980. The molecule has 2 saturated heterocycles. The van der Waals surface area contributed by atoms with Crippen molar-refractivity contribution in [3.8, 4) is 0 Å². The summed E-state index contributed by atoms with van der Waals surface area (Å²) < 4.78 is 29.0. The Kier molecular flexibility index (Phi) is 9.55. The first kappa shape index (κ1) is 35.5. The lowest BCUT2D eigenvalue weighted by Crippen LogP contribution is -2.53. The van der Waals surface area contributed by atoms with Crippen LogP contribution in [0.2, 0.25) is 5.15 Å². The Bertz CT molecular complexity index is 2410. The molecule has 53 heavy (non-hydrogen) atoms. The van der Waals surface area contributed by atoms with Gasteiger partial charge in [-0.15, -0.1) is 0 Å². The lowest BCUT2D eigenvalue weighted by Gasteiger charge is -2.38. The largest absolute Gasteiger partial charge is 0.382 e. The van der Waals surface area contributed by atoms with Crippen molar-refractivity contribution >= 4 is 67.6 Å². The number of ketones is 1. The van der Waals surface area contributed by atoms with Gasteiger partial charge >= 0.3 is 5.91 Å². The maximum atomic E-state index is 13.8. The van der Waals surface area contributed by atoms with Crippen LogP contribution in [0.3, 0.4) is 0 Å². The molecule has 270 valence electrons. The number of aliphatic imine (C=N–C) groups is 1. The van der Waals surface area contributed by atoms with Crippen LogP contribution in [0.5, 0.6) is 0 Å². The van der Waals surface area contributed by atoms with E-state index in [2.05, 4.69) is 30.3 Å². The number of sulfonamides is 1. The third-order valence-electron chi connectivity index (χ3n) is 9.43. The molecule has 7 N–H and O–H groups in total. The topological polar surface area (TPSA) is 215 Å². The van der Waals surface area contributed by atoms with E-state index in [-0.39, 0.29) is 62.7 Å². The van der Waals surface area contributed by atoms with Gasteiger partial charge in [-0.1, -0.05) is 90.5 Å². The molecule has 2 amide bonds. The highest BCUT2D eigenvalue weighted by atomic mass is 35.5. The van der Waals surface area contributed by atoms with Gasteiger partial charge < -0.3 is 27.0 Å². The summed E-state index contributed by atoms with van der Waals surface area (Å²) in [5.41, 5.74) is 12.3. The highest BCUT2D eigenvalue weighted by molar-refractivity contribution is 7.89. The first-order valence-electron chi connectivity index (χ1n) is 16.7. The van der Waals surface area contributed by atoms with Gasteiger partial charge in [0.05, 0.1) is 16.0 Å². The van der Waals surface area contributed by atoms with Gasteiger partial charge in [0.1, 0.15) is 0 Å². The molecule has 0 atom stereocenters. The van der Waals surface area contributed by atoms with Crippen LogP contribution in [0.25, 0.3) is 10.8 Å². The summed E-state index contributed by atoms with van der Waals surface area (Å²) in [6.45, 7) is 1.29. The first-order chi connectivity index (χ1) is 25.4. The number of nitrogens with zero attached hydrogens (tertiary/aromatic N) is 4. The molecule has 5 aromatic rings. The number of aromatic nitrogens is 2. The zero-order valence-electron chi connectivity index (χ0n) is 28.2. The fourth-order valence-electron chi connectivity index (χ4n) is 6.51. The highest BCUT2D eigenvalue weighted by Crippen LogP contribution is 2.28. The van der Waals surface area contributed by atoms with E-state index >= 15 is 0 Å². The quantitative estimate of drug-likeness (QED) is 0.145. The SMILES string of the molecule is Nc1nc(N)c(C(=O)/N=C2\NCC3(CCN(C(=O)c4ccccc4C(=O)c4ccc(CNS(=O)(=O)c5cccc6ccccc56)cc4)CC3)N2)nc1Cl. The molecule has 0 aliphatic carbocycles. The monoisotopic (exact) mass is 751 g/mol. The molecule has 2 fully saturated rings. The van der Waals surface area contributed by atoms with E-state index in [1.54, 1.807) is 77.7 Å². The van der Waals surface area contributed by atoms with Gasteiger partial charge in [-0.2, -0.15) is 4.99 Å². The van der Waals surface area contributed by atoms with Crippen molar-refractivity contribution in [1.29, 1.82) is 0 Å². The molecule has 16 heteroatoms. The second-order valence-electron chi connectivity index (χ2n) is 12.8. The van der Waals surface area contributed by atoms with Crippen LogP contribution >= 0.6 is 11.6 Å². The number of guanidine groups is 1. The van der Waals surface area contributed by atoms with Crippen LogP contribution in [-0.2, 0) is 16.6 Å². The number of rotatable bonds is 8. The number of hydrogen-bond acceptors (Lipinski definition) is 9. The smallest absolute Gasteiger partial charge is 0.302 e. The summed E-state index contributed by atoms with van der Waals surface area (Å²) >= 11 is 5.91. The lowest BCUT2D eigenvalue weighted by atomic mass is 9.88. The average Bonchev–Trinajstić information content (AvgIpc) is 3.56. The number of nitrogens with one attached hydrogen (secondary N) is 3. The van der Waals surface area contributed by atoms with Crippen molar-refractivity contribution in [2.45, 2.75) is 29.8 Å². The van der Waals surface area contributed by atoms with Crippen molar-refractivity contribution in [2.75, 3.05) is 31.1 Å². The van der Waals surface area contributed by atoms with E-state index in [1.807, 2.05) is 18.2 Å². The third-order valence-corrected chi connectivity index (χ3v) is 11.2. The van der Waals surface area contributed by atoms with Crippen molar-refractivity contribution in [1.82, 2.24) is 30.2 Å². The number of halogens is 1. The summed E-state index contributed by atoms with van der Waals surface area (Å²) in [4.78, 5) is 53.9. The number of nitrogen functional groups attached to an aromatic ring is 2. The molecule has 1 spiro atoms. The van der Waals surface area contributed by atoms with Crippen molar-refractivity contribution < 1.29 is 22.8 Å². The Morgan fingerprint density at radius 3 is 2.30 bits per heavy atom. The number of carbonyl (C=O) groups is 3. The summed E-state index contributed by atoms with van der Waals surface area (Å²) in [5.74, 6) is -1.37. The van der Waals surface area contributed by atoms with Crippen LogP contribution in [0.4, 0.5) is 11.6 Å². The zero-order chi connectivity index (χ0) is 37.3. The average molecular weight is 752 g/mol. The molecule has 0 saturated carbocycles. The Labute approximate surface area is 309 Å². The second-order valence-corrected chi connectivity index (χ2v) is 14.9. The molecule has 0 radical (unpaired) electrons. The van der Waals surface area contributed by atoms with Crippen LogP contribution in [0, 0.1) is 0 Å². The molecule has 7 rings (SSSR count). The zero-order valence-corrected chi connectivity index (χ0v) is 29.7. The third kappa shape index (κ3) is 7.26. The number of nitrogens with two attached hydrogens (primary N) is 2. The van der Waals surface area contributed by atoms with Crippen molar-refractivity contribution in [3.63, 3.8) is 0 Å². The number of likely N-dealkylation sites (tertiary alicyclic amines) is 1. The maximum Gasteiger partial charge on any atom is 0.302 e. The molecule has 14 nitrogen and oxygen atoms in total. The van der Waals surface area contributed by atoms with Gasteiger partial charge in [-0.05, 0) is 35.9 Å². The van der Waals surface area contributed by atoms with Gasteiger partial charge in [-0.3, -0.25) is 14.4 Å². The molecule has 0 unspecified atom stereocenters. The standard InChI is InChI=1S/C37H34ClN9O5S/c38-31-33(40)44-32(39)29(43-31)34(49)45-36-41-21-37(46-36)16-18-47(19-17-37)35(50)27-10-4-3-9-26(27)30(48)24-14-12-22(13-15-24)20-42-53(51,52)28-11-5-7-23-6-1-2-8-25(23)28/h1-15,42H,16-21H2,(H4,39,40,44)(H2,41,45,46,49). The number of amides is 2. The first-order valence-corrected chi connectivity index (χ1v) is 18.5. The van der Waals surface area contributed by atoms with Crippen molar-refractivity contribution in [3.05, 3.63) is 124 Å². The highest BCUT2D eigenvalue weighted by Gasteiger charge is 2.41.